The molecule has 76 valence electrons. The molecule has 1 aromatic heterocycles. The molecule has 0 aliphatic rings. The van der Waals surface area contributed by atoms with Crippen LogP contribution in [0.3, 0.4) is 0 Å². The summed E-state index contributed by atoms with van der Waals surface area (Å²) in [6.07, 6.45) is 6.99. The van der Waals surface area contributed by atoms with Crippen LogP contribution in [0.5, 0.6) is 0 Å². The highest BCUT2D eigenvalue weighted by molar-refractivity contribution is 7.22. The van der Waals surface area contributed by atoms with Gasteiger partial charge in [-0.3, -0.25) is 0 Å². The van der Waals surface area contributed by atoms with E-state index in [4.69, 9.17) is 6.42 Å². The summed E-state index contributed by atoms with van der Waals surface area (Å²) < 4.78 is 1.22. The average Bonchev–Trinajstić information content (AvgIpc) is 2.67. The van der Waals surface area contributed by atoms with Crippen LogP contribution in [-0.4, -0.2) is 11.5 Å². The highest BCUT2D eigenvalue weighted by Crippen LogP contribution is 2.25. The maximum Gasteiger partial charge on any atom is 0.183 e. The molecule has 1 heterocycles. The second kappa shape index (κ2) is 4.81. The minimum Gasteiger partial charge on any atom is -0.361 e. The Balaban J connectivity index is 2.00. The third kappa shape index (κ3) is 2.48. The van der Waals surface area contributed by atoms with Gasteiger partial charge < -0.3 is 5.32 Å². The summed E-state index contributed by atoms with van der Waals surface area (Å²) in [7, 11) is 0. The third-order valence-corrected chi connectivity index (χ3v) is 3.06. The molecule has 2 nitrogen and oxygen atoms in total. The summed E-state index contributed by atoms with van der Waals surface area (Å²) in [5.41, 5.74) is 1.06. The van der Waals surface area contributed by atoms with E-state index in [1.54, 1.807) is 11.3 Å². The van der Waals surface area contributed by atoms with Crippen molar-refractivity contribution in [2.24, 2.45) is 0 Å². The number of rotatable bonds is 4. The molecule has 0 fully saturated rings. The number of thiazole rings is 1. The summed E-state index contributed by atoms with van der Waals surface area (Å²) in [5, 5.41) is 4.26. The molecule has 1 aromatic carbocycles. The van der Waals surface area contributed by atoms with Crippen LogP contribution < -0.4 is 5.32 Å². The van der Waals surface area contributed by atoms with Crippen LogP contribution >= 0.6 is 11.3 Å². The van der Waals surface area contributed by atoms with Gasteiger partial charge in [-0.05, 0) is 18.6 Å². The first kappa shape index (κ1) is 10.0. The van der Waals surface area contributed by atoms with Gasteiger partial charge >= 0.3 is 0 Å². The van der Waals surface area contributed by atoms with Gasteiger partial charge in [-0.2, -0.15) is 0 Å². The Morgan fingerprint density at radius 1 is 1.40 bits per heavy atom. The van der Waals surface area contributed by atoms with Crippen LogP contribution in [0.4, 0.5) is 5.13 Å². The van der Waals surface area contributed by atoms with Gasteiger partial charge in [-0.25, -0.2) is 4.98 Å². The smallest absolute Gasteiger partial charge is 0.183 e. The largest absolute Gasteiger partial charge is 0.361 e. The highest BCUT2D eigenvalue weighted by Gasteiger charge is 2.00. The molecular formula is C12H12N2S. The summed E-state index contributed by atoms with van der Waals surface area (Å²) in [6, 6.07) is 8.14. The summed E-state index contributed by atoms with van der Waals surface area (Å²) in [4.78, 5) is 4.47. The molecule has 0 radical (unpaired) electrons. The molecule has 0 bridgehead atoms. The van der Waals surface area contributed by atoms with Crippen LogP contribution in [0, 0.1) is 12.3 Å². The van der Waals surface area contributed by atoms with Crippen LogP contribution in [-0.2, 0) is 0 Å². The van der Waals surface area contributed by atoms with Gasteiger partial charge in [0, 0.05) is 13.0 Å². The molecule has 15 heavy (non-hydrogen) atoms. The van der Waals surface area contributed by atoms with Crippen molar-refractivity contribution in [1.82, 2.24) is 4.98 Å². The monoisotopic (exact) mass is 216 g/mol. The fourth-order valence-corrected chi connectivity index (χ4v) is 2.22. The van der Waals surface area contributed by atoms with Crippen LogP contribution in [0.2, 0.25) is 0 Å². The normalized spacial score (nSPS) is 10.1. The number of hydrogen-bond acceptors (Lipinski definition) is 3. The molecule has 3 heteroatoms. The first-order chi connectivity index (χ1) is 7.40. The van der Waals surface area contributed by atoms with E-state index in [2.05, 4.69) is 22.3 Å². The number of hydrogen-bond donors (Lipinski definition) is 1. The zero-order chi connectivity index (χ0) is 10.5. The van der Waals surface area contributed by atoms with Crippen molar-refractivity contribution in [2.75, 3.05) is 11.9 Å². The van der Waals surface area contributed by atoms with Crippen molar-refractivity contribution in [1.29, 1.82) is 0 Å². The number of aromatic nitrogens is 1. The Hall–Kier alpha value is -1.53. The van der Waals surface area contributed by atoms with E-state index in [-0.39, 0.29) is 0 Å². The Labute approximate surface area is 93.3 Å². The Bertz CT molecular complexity index is 449. The van der Waals surface area contributed by atoms with E-state index >= 15 is 0 Å². The molecule has 2 rings (SSSR count). The number of nitrogens with zero attached hydrogens (tertiary/aromatic N) is 1. The molecular weight excluding hydrogens is 204 g/mol. The SMILES string of the molecule is C#CCCCNc1nc2ccccc2s1. The van der Waals surface area contributed by atoms with Gasteiger partial charge in [0.2, 0.25) is 0 Å². The number of anilines is 1. The molecule has 0 saturated heterocycles. The zero-order valence-electron chi connectivity index (χ0n) is 8.36. The lowest BCUT2D eigenvalue weighted by Crippen LogP contribution is -1.99. The van der Waals surface area contributed by atoms with Crippen molar-refractivity contribution in [3.63, 3.8) is 0 Å². The minimum absolute atomic E-state index is 0.817. The third-order valence-electron chi connectivity index (χ3n) is 2.07. The second-order valence-corrected chi connectivity index (χ2v) is 4.25. The number of unbranched alkanes of at least 4 members (excludes halogenated alkanes) is 1. The second-order valence-electron chi connectivity index (χ2n) is 3.22. The van der Waals surface area contributed by atoms with E-state index in [9.17, 15) is 0 Å². The van der Waals surface area contributed by atoms with E-state index in [0.717, 1.165) is 30.0 Å². The highest BCUT2D eigenvalue weighted by atomic mass is 32.1. The zero-order valence-corrected chi connectivity index (χ0v) is 9.18. The number of para-hydroxylation sites is 1. The summed E-state index contributed by atoms with van der Waals surface area (Å²) >= 11 is 1.68. The molecule has 0 atom stereocenters. The van der Waals surface area contributed by atoms with Gasteiger partial charge in [0.1, 0.15) is 0 Å². The van der Waals surface area contributed by atoms with Crippen LogP contribution in [0.1, 0.15) is 12.8 Å². The van der Waals surface area contributed by atoms with Gasteiger partial charge in [-0.1, -0.05) is 23.5 Å². The summed E-state index contributed by atoms with van der Waals surface area (Å²) in [5.74, 6) is 2.62. The molecule has 2 aromatic rings. The molecule has 1 N–H and O–H groups in total. The predicted molar refractivity (Wildman–Crippen MR) is 66.2 cm³/mol. The molecule has 0 amide bonds. The van der Waals surface area contributed by atoms with E-state index in [0.29, 0.717) is 0 Å². The summed E-state index contributed by atoms with van der Waals surface area (Å²) in [6.45, 7) is 0.893. The van der Waals surface area contributed by atoms with E-state index in [1.807, 2.05) is 18.2 Å². The first-order valence-electron chi connectivity index (χ1n) is 4.93. The molecule has 0 aliphatic heterocycles. The topological polar surface area (TPSA) is 24.9 Å². The van der Waals surface area contributed by atoms with E-state index < -0.39 is 0 Å². The lowest BCUT2D eigenvalue weighted by molar-refractivity contribution is 0.906. The average molecular weight is 216 g/mol. The molecule has 0 unspecified atom stereocenters. The fourth-order valence-electron chi connectivity index (χ4n) is 1.33. The van der Waals surface area contributed by atoms with Gasteiger partial charge in [0.05, 0.1) is 10.2 Å². The number of terminal acetylenes is 1. The van der Waals surface area contributed by atoms with E-state index in [1.165, 1.54) is 4.70 Å². The number of nitrogens with one attached hydrogen (secondary N) is 1. The molecule has 0 spiro atoms. The maximum atomic E-state index is 5.18. The Morgan fingerprint density at radius 2 is 2.27 bits per heavy atom. The van der Waals surface area contributed by atoms with Gasteiger partial charge in [-0.15, -0.1) is 12.3 Å². The minimum atomic E-state index is 0.817. The Morgan fingerprint density at radius 3 is 3.07 bits per heavy atom. The predicted octanol–water partition coefficient (Wildman–Crippen LogP) is 3.12. The first-order valence-corrected chi connectivity index (χ1v) is 5.75. The van der Waals surface area contributed by atoms with Crippen LogP contribution in [0.25, 0.3) is 10.2 Å². The standard InChI is InChI=1S/C12H12N2S/c1-2-3-6-9-13-12-14-10-7-4-5-8-11(10)15-12/h1,4-5,7-8H,3,6,9H2,(H,13,14). The van der Waals surface area contributed by atoms with Gasteiger partial charge in [0.15, 0.2) is 5.13 Å². The van der Waals surface area contributed by atoms with Crippen molar-refractivity contribution in [2.45, 2.75) is 12.8 Å². The lowest BCUT2D eigenvalue weighted by Gasteiger charge is -1.98. The van der Waals surface area contributed by atoms with Gasteiger partial charge in [0.25, 0.3) is 0 Å². The van der Waals surface area contributed by atoms with Crippen molar-refractivity contribution >= 4 is 26.7 Å². The lowest BCUT2D eigenvalue weighted by atomic mass is 10.3. The van der Waals surface area contributed by atoms with Crippen molar-refractivity contribution < 1.29 is 0 Å². The quantitative estimate of drug-likeness (QED) is 0.627. The molecule has 0 saturated carbocycles. The van der Waals surface area contributed by atoms with Crippen LogP contribution in [0.15, 0.2) is 24.3 Å². The fraction of sp³-hybridized carbons (Fsp3) is 0.250. The van der Waals surface area contributed by atoms with Crippen molar-refractivity contribution in [3.8, 4) is 12.3 Å². The maximum absolute atomic E-state index is 5.18. The molecule has 0 aliphatic carbocycles. The number of fused-ring (bicyclic) bond motifs is 1. The number of benzene rings is 1. The van der Waals surface area contributed by atoms with Crippen molar-refractivity contribution in [3.05, 3.63) is 24.3 Å². The Kier molecular flexibility index (Phi) is 3.21.